The van der Waals surface area contributed by atoms with Gasteiger partial charge in [-0.1, -0.05) is 13.3 Å². The van der Waals surface area contributed by atoms with Crippen LogP contribution in [0.2, 0.25) is 0 Å². The number of hydrogen-bond donors (Lipinski definition) is 1. The van der Waals surface area contributed by atoms with Gasteiger partial charge < -0.3 is 5.11 Å². The van der Waals surface area contributed by atoms with Crippen molar-refractivity contribution in [1.82, 2.24) is 4.90 Å². The van der Waals surface area contributed by atoms with E-state index in [4.69, 9.17) is 5.11 Å². The number of aliphatic hydroxyl groups is 1. The average molecular weight is 169 g/mol. The standard InChI is InChI=1S/C10H19NO/c1-2-9(6-12)11-7-10(8-11)4-3-5-10/h9,12H,2-8H2,1H3. The third-order valence-corrected chi connectivity index (χ3v) is 3.69. The molecule has 0 amide bonds. The third-order valence-electron chi connectivity index (χ3n) is 3.69. The second-order valence-corrected chi connectivity index (χ2v) is 4.50. The van der Waals surface area contributed by atoms with Gasteiger partial charge in [0.1, 0.15) is 0 Å². The zero-order chi connectivity index (χ0) is 8.60. The van der Waals surface area contributed by atoms with Gasteiger partial charge in [0.15, 0.2) is 0 Å². The highest BCUT2D eigenvalue weighted by molar-refractivity contribution is 5.01. The Hall–Kier alpha value is -0.0800. The third kappa shape index (κ3) is 1.17. The Balaban J connectivity index is 1.79. The lowest BCUT2D eigenvalue weighted by Crippen LogP contribution is -2.63. The zero-order valence-corrected chi connectivity index (χ0v) is 7.92. The van der Waals surface area contributed by atoms with Crippen LogP contribution in [0, 0.1) is 5.41 Å². The lowest BCUT2D eigenvalue weighted by Gasteiger charge is -2.58. The van der Waals surface area contributed by atoms with Gasteiger partial charge in [0.05, 0.1) is 6.61 Å². The van der Waals surface area contributed by atoms with E-state index in [-0.39, 0.29) is 0 Å². The summed E-state index contributed by atoms with van der Waals surface area (Å²) in [5, 5.41) is 9.08. The van der Waals surface area contributed by atoms with Crippen molar-refractivity contribution in [2.75, 3.05) is 19.7 Å². The summed E-state index contributed by atoms with van der Waals surface area (Å²) in [6.45, 7) is 5.01. The molecule has 1 atom stereocenters. The van der Waals surface area contributed by atoms with Gasteiger partial charge >= 0.3 is 0 Å². The van der Waals surface area contributed by atoms with Crippen LogP contribution in [0.25, 0.3) is 0 Å². The molecule has 1 aliphatic heterocycles. The fourth-order valence-electron chi connectivity index (χ4n) is 2.57. The molecule has 2 nitrogen and oxygen atoms in total. The molecule has 2 rings (SSSR count). The van der Waals surface area contributed by atoms with Gasteiger partial charge in [-0.05, 0) is 24.7 Å². The van der Waals surface area contributed by atoms with Crippen LogP contribution < -0.4 is 0 Å². The fraction of sp³-hybridized carbons (Fsp3) is 1.00. The SMILES string of the molecule is CCC(CO)N1CC2(CCC2)C1. The minimum Gasteiger partial charge on any atom is -0.395 e. The average Bonchev–Trinajstić information content (AvgIpc) is 1.91. The fourth-order valence-corrected chi connectivity index (χ4v) is 2.57. The summed E-state index contributed by atoms with van der Waals surface area (Å²) < 4.78 is 0. The van der Waals surface area contributed by atoms with Crippen molar-refractivity contribution in [3.63, 3.8) is 0 Å². The quantitative estimate of drug-likeness (QED) is 0.687. The van der Waals surface area contributed by atoms with Crippen LogP contribution in [0.4, 0.5) is 0 Å². The molecule has 2 heteroatoms. The molecule has 2 aliphatic rings. The predicted molar refractivity (Wildman–Crippen MR) is 49.0 cm³/mol. The molecular weight excluding hydrogens is 150 g/mol. The molecule has 0 bridgehead atoms. The van der Waals surface area contributed by atoms with E-state index in [0.29, 0.717) is 18.1 Å². The van der Waals surface area contributed by atoms with E-state index >= 15 is 0 Å². The molecule has 1 saturated heterocycles. The highest BCUT2D eigenvalue weighted by Gasteiger charge is 2.48. The lowest BCUT2D eigenvalue weighted by atomic mass is 9.63. The number of hydrogen-bond acceptors (Lipinski definition) is 2. The van der Waals surface area contributed by atoms with Crippen molar-refractivity contribution in [3.8, 4) is 0 Å². The summed E-state index contributed by atoms with van der Waals surface area (Å²) in [7, 11) is 0. The smallest absolute Gasteiger partial charge is 0.0586 e. The van der Waals surface area contributed by atoms with Crippen LogP contribution in [0.1, 0.15) is 32.6 Å². The second kappa shape index (κ2) is 3.00. The molecule has 1 heterocycles. The summed E-state index contributed by atoms with van der Waals surface area (Å²) in [5.41, 5.74) is 0.711. The minimum atomic E-state index is 0.340. The summed E-state index contributed by atoms with van der Waals surface area (Å²) in [6.07, 6.45) is 5.40. The molecular formula is C10H19NO. The maximum Gasteiger partial charge on any atom is 0.0586 e. The minimum absolute atomic E-state index is 0.340. The van der Waals surface area contributed by atoms with Gasteiger partial charge in [0.2, 0.25) is 0 Å². The maximum atomic E-state index is 9.08. The first-order valence-electron chi connectivity index (χ1n) is 5.14. The lowest BCUT2D eigenvalue weighted by molar-refractivity contribution is -0.0925. The van der Waals surface area contributed by atoms with E-state index in [9.17, 15) is 0 Å². The Morgan fingerprint density at radius 2 is 2.08 bits per heavy atom. The highest BCUT2D eigenvalue weighted by Crippen LogP contribution is 2.48. The number of rotatable bonds is 3. The van der Waals surface area contributed by atoms with Crippen LogP contribution in [0.5, 0.6) is 0 Å². The van der Waals surface area contributed by atoms with E-state index in [2.05, 4.69) is 11.8 Å². The number of likely N-dealkylation sites (tertiary alicyclic amines) is 1. The molecule has 0 aromatic rings. The van der Waals surface area contributed by atoms with Gasteiger partial charge in [-0.2, -0.15) is 0 Å². The Morgan fingerprint density at radius 1 is 1.42 bits per heavy atom. The highest BCUT2D eigenvalue weighted by atomic mass is 16.3. The van der Waals surface area contributed by atoms with Gasteiger partial charge in [-0.3, -0.25) is 4.90 Å². The summed E-state index contributed by atoms with van der Waals surface area (Å²) in [4.78, 5) is 2.44. The van der Waals surface area contributed by atoms with Crippen molar-refractivity contribution in [2.45, 2.75) is 38.6 Å². The van der Waals surface area contributed by atoms with Crippen molar-refractivity contribution < 1.29 is 5.11 Å². The first kappa shape index (κ1) is 8.52. The molecule has 1 N–H and O–H groups in total. The number of aliphatic hydroxyl groups excluding tert-OH is 1. The van der Waals surface area contributed by atoms with Gasteiger partial charge in [0, 0.05) is 19.1 Å². The topological polar surface area (TPSA) is 23.5 Å². The monoisotopic (exact) mass is 169 g/mol. The maximum absolute atomic E-state index is 9.08. The van der Waals surface area contributed by atoms with Crippen molar-refractivity contribution >= 4 is 0 Å². The second-order valence-electron chi connectivity index (χ2n) is 4.50. The van der Waals surface area contributed by atoms with Crippen LogP contribution >= 0.6 is 0 Å². The summed E-state index contributed by atoms with van der Waals surface area (Å²) in [5.74, 6) is 0. The molecule has 0 aromatic heterocycles. The predicted octanol–water partition coefficient (Wildman–Crippen LogP) is 1.24. The van der Waals surface area contributed by atoms with E-state index < -0.39 is 0 Å². The molecule has 70 valence electrons. The molecule has 2 fully saturated rings. The molecule has 1 unspecified atom stereocenters. The Morgan fingerprint density at radius 3 is 2.42 bits per heavy atom. The van der Waals surface area contributed by atoms with Gasteiger partial charge in [0.25, 0.3) is 0 Å². The molecule has 1 saturated carbocycles. The van der Waals surface area contributed by atoms with E-state index in [1.54, 1.807) is 0 Å². The zero-order valence-electron chi connectivity index (χ0n) is 7.92. The summed E-state index contributed by atoms with van der Waals surface area (Å²) in [6, 6.07) is 0.441. The Labute approximate surface area is 74.6 Å². The Kier molecular flexibility index (Phi) is 2.13. The van der Waals surface area contributed by atoms with Crippen LogP contribution in [0.15, 0.2) is 0 Å². The molecule has 0 aromatic carbocycles. The normalized spacial score (nSPS) is 29.5. The van der Waals surface area contributed by atoms with Gasteiger partial charge in [-0.15, -0.1) is 0 Å². The molecule has 1 aliphatic carbocycles. The largest absolute Gasteiger partial charge is 0.395 e. The number of nitrogens with zero attached hydrogens (tertiary/aromatic N) is 1. The van der Waals surface area contributed by atoms with Crippen LogP contribution in [0.3, 0.4) is 0 Å². The van der Waals surface area contributed by atoms with Crippen molar-refractivity contribution in [1.29, 1.82) is 0 Å². The Bertz CT molecular complexity index is 153. The van der Waals surface area contributed by atoms with Crippen molar-refractivity contribution in [2.24, 2.45) is 5.41 Å². The van der Waals surface area contributed by atoms with E-state index in [1.165, 1.54) is 32.4 Å². The molecule has 1 spiro atoms. The van der Waals surface area contributed by atoms with Crippen LogP contribution in [-0.4, -0.2) is 35.7 Å². The first-order valence-corrected chi connectivity index (χ1v) is 5.14. The van der Waals surface area contributed by atoms with Crippen LogP contribution in [-0.2, 0) is 0 Å². The molecule has 12 heavy (non-hydrogen) atoms. The van der Waals surface area contributed by atoms with Gasteiger partial charge in [-0.25, -0.2) is 0 Å². The van der Waals surface area contributed by atoms with E-state index in [1.807, 2.05) is 0 Å². The summed E-state index contributed by atoms with van der Waals surface area (Å²) >= 11 is 0. The molecule has 0 radical (unpaired) electrons. The van der Waals surface area contributed by atoms with E-state index in [0.717, 1.165) is 6.42 Å². The first-order chi connectivity index (χ1) is 5.79. The van der Waals surface area contributed by atoms with Crippen molar-refractivity contribution in [3.05, 3.63) is 0 Å².